The van der Waals surface area contributed by atoms with Crippen LogP contribution in [0.1, 0.15) is 12.8 Å². The topological polar surface area (TPSA) is 58.4 Å². The molecule has 0 amide bonds. The van der Waals surface area contributed by atoms with E-state index in [1.54, 1.807) is 12.1 Å². The second-order valence-corrected chi connectivity index (χ2v) is 6.17. The van der Waals surface area contributed by atoms with Gasteiger partial charge >= 0.3 is 0 Å². The molecule has 3 aliphatic heterocycles. The van der Waals surface area contributed by atoms with Gasteiger partial charge in [-0.3, -0.25) is 10.1 Å². The van der Waals surface area contributed by atoms with Gasteiger partial charge < -0.3 is 10.2 Å². The van der Waals surface area contributed by atoms with Gasteiger partial charge in [0.25, 0.3) is 5.69 Å². The summed E-state index contributed by atoms with van der Waals surface area (Å²) < 4.78 is 0.525. The summed E-state index contributed by atoms with van der Waals surface area (Å²) in [5.41, 5.74) is 0.958. The Morgan fingerprint density at radius 1 is 1.37 bits per heavy atom. The molecule has 0 radical (unpaired) electrons. The van der Waals surface area contributed by atoms with E-state index in [4.69, 9.17) is 0 Å². The molecular weight excluding hydrogens is 310 g/mol. The molecule has 0 saturated carbocycles. The average Bonchev–Trinajstić information content (AvgIpc) is 2.42. The van der Waals surface area contributed by atoms with Gasteiger partial charge in [0, 0.05) is 24.3 Å². The van der Waals surface area contributed by atoms with Crippen LogP contribution in [0.2, 0.25) is 0 Å². The fraction of sp³-hybridized carbons (Fsp3) is 0.538. The van der Waals surface area contributed by atoms with Crippen molar-refractivity contribution in [3.63, 3.8) is 0 Å². The molecule has 1 aromatic rings. The number of anilines is 1. The monoisotopic (exact) mass is 325 g/mol. The van der Waals surface area contributed by atoms with Crippen LogP contribution in [0.25, 0.3) is 0 Å². The second kappa shape index (κ2) is 5.09. The summed E-state index contributed by atoms with van der Waals surface area (Å²) in [6.07, 6.45) is 2.46. The van der Waals surface area contributed by atoms with Crippen molar-refractivity contribution in [2.45, 2.75) is 18.9 Å². The quantitative estimate of drug-likeness (QED) is 0.685. The van der Waals surface area contributed by atoms with Crippen LogP contribution in [0.5, 0.6) is 0 Å². The van der Waals surface area contributed by atoms with Crippen molar-refractivity contribution in [3.8, 4) is 0 Å². The highest BCUT2D eigenvalue weighted by molar-refractivity contribution is 9.10. The maximum atomic E-state index is 10.9. The van der Waals surface area contributed by atoms with E-state index in [-0.39, 0.29) is 10.6 Å². The molecule has 0 spiro atoms. The molecule has 1 atom stereocenters. The van der Waals surface area contributed by atoms with E-state index in [2.05, 4.69) is 26.1 Å². The van der Waals surface area contributed by atoms with Crippen molar-refractivity contribution in [2.75, 3.05) is 25.0 Å². The summed E-state index contributed by atoms with van der Waals surface area (Å²) in [7, 11) is 0. The van der Waals surface area contributed by atoms with Gasteiger partial charge in [0.15, 0.2) is 0 Å². The Balaban J connectivity index is 1.76. The van der Waals surface area contributed by atoms with Gasteiger partial charge in [-0.25, -0.2) is 0 Å². The number of piperidine rings is 3. The minimum Gasteiger partial charge on any atom is -0.381 e. The molecule has 0 aromatic heterocycles. The van der Waals surface area contributed by atoms with Gasteiger partial charge in [0.2, 0.25) is 0 Å². The molecule has 1 N–H and O–H groups in total. The Morgan fingerprint density at radius 2 is 2.11 bits per heavy atom. The zero-order chi connectivity index (χ0) is 13.4. The standard InChI is InChI=1S/C13H16BrN3O2/c14-11-2-1-10(7-13(11)17(18)19)15-12-8-16-5-3-9(12)4-6-16/h1-2,7,9,12,15H,3-6,8H2. The highest BCUT2D eigenvalue weighted by Crippen LogP contribution is 2.32. The van der Waals surface area contributed by atoms with Crippen LogP contribution in [0, 0.1) is 16.0 Å². The third-order valence-electron chi connectivity index (χ3n) is 4.15. The lowest BCUT2D eigenvalue weighted by atomic mass is 9.84. The molecule has 102 valence electrons. The summed E-state index contributed by atoms with van der Waals surface area (Å²) in [6, 6.07) is 5.67. The molecule has 19 heavy (non-hydrogen) atoms. The van der Waals surface area contributed by atoms with Crippen molar-refractivity contribution >= 4 is 27.3 Å². The summed E-state index contributed by atoms with van der Waals surface area (Å²) >= 11 is 3.21. The SMILES string of the molecule is O=[N+]([O-])c1cc(NC2CN3CCC2CC3)ccc1Br. The minimum absolute atomic E-state index is 0.117. The third kappa shape index (κ3) is 2.60. The largest absolute Gasteiger partial charge is 0.381 e. The van der Waals surface area contributed by atoms with E-state index in [0.29, 0.717) is 16.4 Å². The number of rotatable bonds is 3. The van der Waals surface area contributed by atoms with E-state index in [1.165, 1.54) is 25.9 Å². The fourth-order valence-corrected chi connectivity index (χ4v) is 3.48. The molecule has 4 rings (SSSR count). The lowest BCUT2D eigenvalue weighted by Crippen LogP contribution is -2.53. The number of nitro groups is 1. The lowest BCUT2D eigenvalue weighted by Gasteiger charge is -2.45. The van der Waals surface area contributed by atoms with Crippen molar-refractivity contribution in [2.24, 2.45) is 5.92 Å². The first-order valence-electron chi connectivity index (χ1n) is 6.56. The molecule has 0 aliphatic carbocycles. The predicted molar refractivity (Wildman–Crippen MR) is 77.4 cm³/mol. The number of nitrogens with zero attached hydrogens (tertiary/aromatic N) is 2. The summed E-state index contributed by atoms with van der Waals surface area (Å²) in [4.78, 5) is 13.0. The maximum Gasteiger partial charge on any atom is 0.285 e. The minimum atomic E-state index is -0.355. The van der Waals surface area contributed by atoms with Crippen LogP contribution in [-0.4, -0.2) is 35.5 Å². The Hall–Kier alpha value is -1.14. The van der Waals surface area contributed by atoms with Crippen LogP contribution in [0.3, 0.4) is 0 Å². The van der Waals surface area contributed by atoms with Gasteiger partial charge in [0.05, 0.1) is 9.40 Å². The Bertz CT molecular complexity index is 501. The van der Waals surface area contributed by atoms with Gasteiger partial charge in [0.1, 0.15) is 0 Å². The molecular formula is C13H16BrN3O2. The number of benzene rings is 1. The molecule has 1 aromatic carbocycles. The molecule has 3 aliphatic rings. The highest BCUT2D eigenvalue weighted by atomic mass is 79.9. The third-order valence-corrected chi connectivity index (χ3v) is 4.82. The first kappa shape index (κ1) is 12.9. The van der Waals surface area contributed by atoms with Crippen LogP contribution in [-0.2, 0) is 0 Å². The predicted octanol–water partition coefficient (Wildman–Crippen LogP) is 2.86. The van der Waals surface area contributed by atoms with Crippen LogP contribution in [0.15, 0.2) is 22.7 Å². The normalized spacial score (nSPS) is 29.2. The van der Waals surface area contributed by atoms with Crippen molar-refractivity contribution in [1.29, 1.82) is 0 Å². The van der Waals surface area contributed by atoms with Gasteiger partial charge in [-0.15, -0.1) is 0 Å². The maximum absolute atomic E-state index is 10.9. The first-order valence-corrected chi connectivity index (χ1v) is 7.35. The number of hydrogen-bond donors (Lipinski definition) is 1. The Morgan fingerprint density at radius 3 is 2.68 bits per heavy atom. The Kier molecular flexibility index (Phi) is 3.45. The lowest BCUT2D eigenvalue weighted by molar-refractivity contribution is -0.385. The number of hydrogen-bond acceptors (Lipinski definition) is 4. The smallest absolute Gasteiger partial charge is 0.285 e. The second-order valence-electron chi connectivity index (χ2n) is 5.31. The summed E-state index contributed by atoms with van der Waals surface area (Å²) in [5, 5.41) is 14.4. The summed E-state index contributed by atoms with van der Waals surface area (Å²) in [6.45, 7) is 3.45. The van der Waals surface area contributed by atoms with Crippen molar-refractivity contribution in [1.82, 2.24) is 4.90 Å². The zero-order valence-electron chi connectivity index (χ0n) is 10.5. The van der Waals surface area contributed by atoms with Crippen molar-refractivity contribution < 1.29 is 4.92 Å². The number of fused-ring (bicyclic) bond motifs is 3. The number of nitro benzene ring substituents is 1. The molecule has 2 bridgehead atoms. The molecule has 5 nitrogen and oxygen atoms in total. The zero-order valence-corrected chi connectivity index (χ0v) is 12.1. The van der Waals surface area contributed by atoms with E-state index in [9.17, 15) is 10.1 Å². The van der Waals surface area contributed by atoms with E-state index < -0.39 is 0 Å². The fourth-order valence-electron chi connectivity index (χ4n) is 3.09. The number of nitrogens with one attached hydrogen (secondary N) is 1. The molecule has 3 fully saturated rings. The van der Waals surface area contributed by atoms with E-state index in [1.807, 2.05) is 6.07 Å². The first-order chi connectivity index (χ1) is 9.13. The van der Waals surface area contributed by atoms with E-state index in [0.717, 1.165) is 12.2 Å². The average molecular weight is 326 g/mol. The van der Waals surface area contributed by atoms with Crippen LogP contribution >= 0.6 is 15.9 Å². The molecule has 6 heteroatoms. The van der Waals surface area contributed by atoms with Crippen molar-refractivity contribution in [3.05, 3.63) is 32.8 Å². The van der Waals surface area contributed by atoms with Gasteiger partial charge in [-0.1, -0.05) is 0 Å². The Labute approximate surface area is 120 Å². The van der Waals surface area contributed by atoms with E-state index >= 15 is 0 Å². The molecule has 3 heterocycles. The highest BCUT2D eigenvalue weighted by Gasteiger charge is 2.34. The van der Waals surface area contributed by atoms with Gasteiger partial charge in [-0.05, 0) is 59.9 Å². The molecule has 1 unspecified atom stereocenters. The molecule has 3 saturated heterocycles. The van der Waals surface area contributed by atoms with Crippen LogP contribution < -0.4 is 5.32 Å². The van der Waals surface area contributed by atoms with Gasteiger partial charge in [-0.2, -0.15) is 0 Å². The summed E-state index contributed by atoms with van der Waals surface area (Å²) in [5.74, 6) is 0.702. The number of halogens is 1. The van der Waals surface area contributed by atoms with Crippen LogP contribution in [0.4, 0.5) is 11.4 Å².